The molecule has 2 saturated heterocycles. The molecule has 0 amide bonds. The third-order valence-corrected chi connectivity index (χ3v) is 8.79. The number of piperidine rings is 1. The quantitative estimate of drug-likeness (QED) is 0.250. The molecule has 15 heteroatoms. The average Bonchev–Trinajstić information content (AvgIpc) is 3.57. The van der Waals surface area contributed by atoms with E-state index in [1.807, 2.05) is 4.90 Å². The molecule has 2 aromatic heterocycles. The summed E-state index contributed by atoms with van der Waals surface area (Å²) >= 11 is 5.94. The van der Waals surface area contributed by atoms with Crippen molar-refractivity contribution in [3.63, 3.8) is 0 Å². The van der Waals surface area contributed by atoms with Gasteiger partial charge in [-0.3, -0.25) is 9.69 Å². The number of hydrogen-bond acceptors (Lipinski definition) is 8. The van der Waals surface area contributed by atoms with Gasteiger partial charge in [-0.2, -0.15) is 18.3 Å². The first kappa shape index (κ1) is 31.9. The van der Waals surface area contributed by atoms with Crippen LogP contribution >= 0.6 is 11.6 Å². The molecule has 1 unspecified atom stereocenters. The van der Waals surface area contributed by atoms with E-state index in [1.54, 1.807) is 36.9 Å². The Labute approximate surface area is 255 Å². The number of halogens is 5. The van der Waals surface area contributed by atoms with Crippen molar-refractivity contribution in [3.05, 3.63) is 46.5 Å². The van der Waals surface area contributed by atoms with Gasteiger partial charge in [0.05, 0.1) is 24.5 Å². The van der Waals surface area contributed by atoms with Crippen molar-refractivity contribution < 1.29 is 37.0 Å². The minimum atomic E-state index is -5.12. The number of esters is 1. The number of ether oxygens (including phenoxy) is 1. The number of rotatable bonds is 9. The lowest BCUT2D eigenvalue weighted by atomic mass is 9.90. The van der Waals surface area contributed by atoms with Gasteiger partial charge in [0.1, 0.15) is 17.2 Å². The molecule has 1 aromatic carbocycles. The first-order valence-electron chi connectivity index (χ1n) is 14.5. The Hall–Kier alpha value is -3.52. The molecule has 10 nitrogen and oxygen atoms in total. The highest BCUT2D eigenvalue weighted by atomic mass is 35.5. The Kier molecular flexibility index (Phi) is 9.30. The molecule has 2 aliphatic rings. The van der Waals surface area contributed by atoms with E-state index in [1.165, 1.54) is 6.07 Å². The van der Waals surface area contributed by atoms with Crippen molar-refractivity contribution in [1.82, 2.24) is 24.6 Å². The van der Waals surface area contributed by atoms with Crippen molar-refractivity contribution in [2.75, 3.05) is 31.1 Å². The van der Waals surface area contributed by atoms with Gasteiger partial charge in [-0.15, -0.1) is 0 Å². The third-order valence-electron chi connectivity index (χ3n) is 8.56. The molecule has 0 aliphatic carbocycles. The number of aromatic nitrogens is 4. The van der Waals surface area contributed by atoms with Crippen LogP contribution in [0.5, 0.6) is 0 Å². The lowest BCUT2D eigenvalue weighted by Crippen LogP contribution is -2.54. The number of fused-ring (bicyclic) bond motifs is 1. The summed E-state index contributed by atoms with van der Waals surface area (Å²) in [4.78, 5) is 36.3. The summed E-state index contributed by atoms with van der Waals surface area (Å²) in [7, 11) is 0. The maximum Gasteiger partial charge on any atom is 0.490 e. The van der Waals surface area contributed by atoms with E-state index < -0.39 is 42.5 Å². The molecule has 2 fully saturated rings. The van der Waals surface area contributed by atoms with Gasteiger partial charge in [0.25, 0.3) is 0 Å². The zero-order chi connectivity index (χ0) is 31.8. The van der Waals surface area contributed by atoms with Crippen LogP contribution in [-0.4, -0.2) is 86.2 Å². The van der Waals surface area contributed by atoms with Crippen LogP contribution in [0.15, 0.2) is 24.4 Å². The van der Waals surface area contributed by atoms with Gasteiger partial charge in [0.2, 0.25) is 0 Å². The van der Waals surface area contributed by atoms with E-state index in [0.717, 1.165) is 12.8 Å². The van der Waals surface area contributed by atoms with Gasteiger partial charge in [0, 0.05) is 48.1 Å². The molecule has 44 heavy (non-hydrogen) atoms. The smallest absolute Gasteiger partial charge is 0.481 e. The van der Waals surface area contributed by atoms with Gasteiger partial charge < -0.3 is 14.7 Å². The number of hydrogen-bond donors (Lipinski definition) is 1. The zero-order valence-electron chi connectivity index (χ0n) is 24.2. The highest BCUT2D eigenvalue weighted by Crippen LogP contribution is 2.34. The Balaban J connectivity index is 1.42. The Morgan fingerprint density at radius 2 is 2.00 bits per heavy atom. The van der Waals surface area contributed by atoms with Crippen LogP contribution in [0.3, 0.4) is 0 Å². The fraction of sp³-hybridized carbons (Fsp3) is 0.552. The Bertz CT molecular complexity index is 1540. The lowest BCUT2D eigenvalue weighted by Gasteiger charge is -2.44. The minimum absolute atomic E-state index is 0.00518. The van der Waals surface area contributed by atoms with Crippen LogP contribution in [0.2, 0.25) is 5.02 Å². The molecular weight excluding hydrogens is 608 g/mol. The second kappa shape index (κ2) is 12.8. The predicted molar refractivity (Wildman–Crippen MR) is 153 cm³/mol. The van der Waals surface area contributed by atoms with Crippen molar-refractivity contribution >= 4 is 40.5 Å². The Morgan fingerprint density at radius 1 is 1.23 bits per heavy atom. The summed E-state index contributed by atoms with van der Waals surface area (Å²) in [5.74, 6) is -3.69. The molecule has 4 atom stereocenters. The van der Waals surface area contributed by atoms with Crippen molar-refractivity contribution in [1.29, 1.82) is 0 Å². The summed E-state index contributed by atoms with van der Waals surface area (Å²) in [6.45, 7) is 4.49. The molecule has 1 N–H and O–H groups in total. The summed E-state index contributed by atoms with van der Waals surface area (Å²) in [5, 5.41) is 14.0. The van der Waals surface area contributed by atoms with Crippen LogP contribution in [0.4, 0.5) is 23.4 Å². The maximum atomic E-state index is 14.8. The fourth-order valence-corrected chi connectivity index (χ4v) is 6.58. The fourth-order valence-electron chi connectivity index (χ4n) is 6.42. The number of nitrogens with zero attached hydrogens (tertiary/aromatic N) is 6. The number of alkyl halides is 3. The van der Waals surface area contributed by atoms with Crippen molar-refractivity contribution in [2.24, 2.45) is 5.92 Å². The predicted octanol–water partition coefficient (Wildman–Crippen LogP) is 5.17. The first-order chi connectivity index (χ1) is 20.8. The van der Waals surface area contributed by atoms with Crippen LogP contribution in [0, 0.1) is 18.7 Å². The number of carboxylic acid groups (broad SMARTS) is 1. The molecular formula is C29H33ClF4N6O4. The summed E-state index contributed by atoms with van der Waals surface area (Å²) in [5.41, 5.74) is 1.90. The third kappa shape index (κ3) is 6.75. The van der Waals surface area contributed by atoms with Crippen molar-refractivity contribution in [2.45, 2.75) is 70.3 Å². The average molecular weight is 641 g/mol. The lowest BCUT2D eigenvalue weighted by molar-refractivity contribution is -0.201. The molecule has 0 saturated carbocycles. The van der Waals surface area contributed by atoms with E-state index in [-0.39, 0.29) is 30.1 Å². The normalized spacial score (nSPS) is 22.0. The summed E-state index contributed by atoms with van der Waals surface area (Å²) in [6, 6.07) is 3.62. The first-order valence-corrected chi connectivity index (χ1v) is 14.8. The molecule has 0 bridgehead atoms. The van der Waals surface area contributed by atoms with Crippen LogP contribution in [0.25, 0.3) is 11.2 Å². The number of carboxylic acids is 1. The van der Waals surface area contributed by atoms with E-state index in [4.69, 9.17) is 21.3 Å². The number of likely N-dealkylation sites (tertiary alicyclic amines) is 1. The van der Waals surface area contributed by atoms with Crippen LogP contribution in [-0.2, 0) is 14.3 Å². The molecule has 5 rings (SSSR count). The van der Waals surface area contributed by atoms with Gasteiger partial charge in [-0.25, -0.2) is 23.8 Å². The highest BCUT2D eigenvalue weighted by molar-refractivity contribution is 6.30. The molecule has 2 aliphatic heterocycles. The van der Waals surface area contributed by atoms with Crippen LogP contribution in [0.1, 0.15) is 56.3 Å². The largest absolute Gasteiger partial charge is 0.490 e. The van der Waals surface area contributed by atoms with Gasteiger partial charge in [0.15, 0.2) is 5.65 Å². The topological polar surface area (TPSA) is 114 Å². The number of anilines is 1. The number of aliphatic carboxylic acids is 1. The van der Waals surface area contributed by atoms with Gasteiger partial charge >= 0.3 is 18.1 Å². The van der Waals surface area contributed by atoms with Gasteiger partial charge in [-0.05, 0) is 58.2 Å². The minimum Gasteiger partial charge on any atom is -0.481 e. The summed E-state index contributed by atoms with van der Waals surface area (Å²) < 4.78 is 60.1. The molecule has 238 valence electrons. The number of carbonyl (C=O) groups excluding carboxylic acids is 1. The number of aryl methyl sites for hydroxylation is 1. The van der Waals surface area contributed by atoms with E-state index >= 15 is 0 Å². The Morgan fingerprint density at radius 3 is 2.70 bits per heavy atom. The number of benzene rings is 1. The molecule has 0 spiro atoms. The molecule has 3 aromatic rings. The van der Waals surface area contributed by atoms with E-state index in [0.29, 0.717) is 54.2 Å². The SMILES string of the molecule is Cc1nn([C@H](C)c2ccc(Cl)cc2F)c2nc(N3CC[C@H](N4CCCC4CCC(=O)O)[C@H](COC(=O)C(F)(F)F)C3)cnc12. The molecule has 4 heterocycles. The summed E-state index contributed by atoms with van der Waals surface area (Å²) in [6.07, 6.45) is -0.953. The van der Waals surface area contributed by atoms with Crippen LogP contribution < -0.4 is 4.90 Å². The molecule has 0 radical (unpaired) electrons. The van der Waals surface area contributed by atoms with E-state index in [9.17, 15) is 32.3 Å². The highest BCUT2D eigenvalue weighted by Gasteiger charge is 2.44. The standard InChI is InChI=1S/C29H33ClF4N6O4/c1-16-26-27(40(37-16)17(2)21-7-5-19(30)12-22(21)31)36-24(13-35-26)38-11-9-23(18(14-38)15-44-28(43)29(32,33)34)39-10-3-4-20(39)6-8-25(41)42/h5,7,12-13,17-18,20,23H,3-4,6,8-11,14-15H2,1-2H3,(H,41,42)/t17-,18+,20?,23+/m1/s1. The number of carbonyl (C=O) groups is 2. The monoisotopic (exact) mass is 640 g/mol. The maximum absolute atomic E-state index is 14.8. The second-order valence-electron chi connectivity index (χ2n) is 11.4. The van der Waals surface area contributed by atoms with Crippen molar-refractivity contribution in [3.8, 4) is 0 Å². The van der Waals surface area contributed by atoms with Gasteiger partial charge in [-0.1, -0.05) is 17.7 Å². The van der Waals surface area contributed by atoms with E-state index in [2.05, 4.69) is 15.0 Å². The zero-order valence-corrected chi connectivity index (χ0v) is 25.0. The second-order valence-corrected chi connectivity index (χ2v) is 11.8.